The summed E-state index contributed by atoms with van der Waals surface area (Å²) in [4.78, 5) is 10.2. The number of rotatable bonds is 5. The second-order valence-electron chi connectivity index (χ2n) is 8.20. The Kier molecular flexibility index (Phi) is 6.19. The molecule has 11 heteroatoms. The molecule has 1 unspecified atom stereocenters. The first kappa shape index (κ1) is 23.0. The third kappa shape index (κ3) is 4.34. The summed E-state index contributed by atoms with van der Waals surface area (Å²) in [5.74, 6) is 0.332. The van der Waals surface area contributed by atoms with Crippen molar-refractivity contribution in [3.8, 4) is 0 Å². The lowest BCUT2D eigenvalue weighted by Gasteiger charge is -2.40. The van der Waals surface area contributed by atoms with E-state index in [0.717, 1.165) is 36.2 Å². The third-order valence-electron chi connectivity index (χ3n) is 6.19. The standard InChI is InChI=1S/C21H24F3N3O4S/c1-14-12-26(8-9-27(14)20-7-5-17(11-25-20)21(22,23)24)32(29,30)18-6-4-15-2-3-16(13-31-28)19(15)10-18/h4-7,10-11,14,16,28H,2-3,8-9,12-13H2,1H3/t14-,16?/m0/s1. The summed E-state index contributed by atoms with van der Waals surface area (Å²) in [7, 11) is -3.75. The molecule has 1 saturated heterocycles. The van der Waals surface area contributed by atoms with Crippen molar-refractivity contribution in [2.45, 2.75) is 42.8 Å². The second-order valence-corrected chi connectivity index (χ2v) is 10.1. The zero-order valence-electron chi connectivity index (χ0n) is 17.4. The van der Waals surface area contributed by atoms with Crippen LogP contribution in [0.2, 0.25) is 0 Å². The molecule has 4 rings (SSSR count). The number of anilines is 1. The van der Waals surface area contributed by atoms with Crippen molar-refractivity contribution in [2.75, 3.05) is 31.1 Å². The fourth-order valence-corrected chi connectivity index (χ4v) is 5.99. The van der Waals surface area contributed by atoms with E-state index >= 15 is 0 Å². The van der Waals surface area contributed by atoms with Crippen LogP contribution in [0.4, 0.5) is 19.0 Å². The molecular weight excluding hydrogens is 447 g/mol. The molecule has 0 spiro atoms. The molecule has 1 aliphatic heterocycles. The average molecular weight is 472 g/mol. The maximum Gasteiger partial charge on any atom is 0.417 e. The van der Waals surface area contributed by atoms with Crippen LogP contribution in [0.15, 0.2) is 41.4 Å². The summed E-state index contributed by atoms with van der Waals surface area (Å²) >= 11 is 0. The SMILES string of the molecule is C[C@H]1CN(S(=O)(=O)c2ccc3c(c2)C(COO)CC3)CCN1c1ccc(C(F)(F)F)cn1. The molecule has 0 amide bonds. The van der Waals surface area contributed by atoms with Gasteiger partial charge in [0.25, 0.3) is 0 Å². The molecule has 0 radical (unpaired) electrons. The van der Waals surface area contributed by atoms with Gasteiger partial charge < -0.3 is 4.90 Å². The molecule has 2 atom stereocenters. The van der Waals surface area contributed by atoms with Crippen molar-refractivity contribution in [2.24, 2.45) is 0 Å². The lowest BCUT2D eigenvalue weighted by Crippen LogP contribution is -2.53. The highest BCUT2D eigenvalue weighted by atomic mass is 32.2. The topological polar surface area (TPSA) is 83.0 Å². The number of alkyl halides is 3. The molecule has 174 valence electrons. The van der Waals surface area contributed by atoms with E-state index in [1.54, 1.807) is 12.1 Å². The van der Waals surface area contributed by atoms with Crippen LogP contribution >= 0.6 is 0 Å². The van der Waals surface area contributed by atoms with Crippen LogP contribution in [0.1, 0.15) is 36.0 Å². The van der Waals surface area contributed by atoms with E-state index in [9.17, 15) is 21.6 Å². The normalized spacial score (nSPS) is 22.2. The molecule has 1 N–H and O–H groups in total. The van der Waals surface area contributed by atoms with Gasteiger partial charge in [0.1, 0.15) is 5.82 Å². The van der Waals surface area contributed by atoms with E-state index in [-0.39, 0.29) is 36.6 Å². The Balaban J connectivity index is 1.50. The Morgan fingerprint density at radius 3 is 2.62 bits per heavy atom. The molecule has 1 aliphatic carbocycles. The zero-order chi connectivity index (χ0) is 23.1. The van der Waals surface area contributed by atoms with Crippen molar-refractivity contribution < 1.29 is 31.7 Å². The number of aryl methyl sites for hydroxylation is 1. The molecule has 1 fully saturated rings. The number of nitrogens with zero attached hydrogens (tertiary/aromatic N) is 3. The van der Waals surface area contributed by atoms with Gasteiger partial charge >= 0.3 is 6.18 Å². The van der Waals surface area contributed by atoms with E-state index in [0.29, 0.717) is 12.4 Å². The van der Waals surface area contributed by atoms with Crippen molar-refractivity contribution in [3.05, 3.63) is 53.2 Å². The van der Waals surface area contributed by atoms with Crippen LogP contribution in [-0.4, -0.2) is 55.2 Å². The predicted octanol–water partition coefficient (Wildman–Crippen LogP) is 3.52. The van der Waals surface area contributed by atoms with Crippen molar-refractivity contribution in [1.29, 1.82) is 0 Å². The minimum Gasteiger partial charge on any atom is -0.351 e. The van der Waals surface area contributed by atoms with E-state index in [1.165, 1.54) is 10.4 Å². The first-order valence-electron chi connectivity index (χ1n) is 10.3. The number of piperazine rings is 1. The number of halogens is 3. The molecule has 32 heavy (non-hydrogen) atoms. The highest BCUT2D eigenvalue weighted by Crippen LogP contribution is 2.36. The van der Waals surface area contributed by atoms with Crippen molar-refractivity contribution >= 4 is 15.8 Å². The van der Waals surface area contributed by atoms with Gasteiger partial charge in [-0.25, -0.2) is 18.3 Å². The molecule has 7 nitrogen and oxygen atoms in total. The number of hydrogen-bond acceptors (Lipinski definition) is 6. The summed E-state index contributed by atoms with van der Waals surface area (Å²) in [6.07, 6.45) is -2.07. The Morgan fingerprint density at radius 2 is 2.00 bits per heavy atom. The van der Waals surface area contributed by atoms with Gasteiger partial charge in [0.2, 0.25) is 10.0 Å². The average Bonchev–Trinajstić information content (AvgIpc) is 3.15. The Morgan fingerprint density at radius 1 is 1.22 bits per heavy atom. The van der Waals surface area contributed by atoms with E-state index in [2.05, 4.69) is 9.87 Å². The molecule has 0 saturated carbocycles. The van der Waals surface area contributed by atoms with Gasteiger partial charge in [-0.05, 0) is 55.2 Å². The Hall–Kier alpha value is -2.21. The monoisotopic (exact) mass is 471 g/mol. The molecular formula is C21H24F3N3O4S. The smallest absolute Gasteiger partial charge is 0.351 e. The van der Waals surface area contributed by atoms with Gasteiger partial charge in [0.05, 0.1) is 17.1 Å². The van der Waals surface area contributed by atoms with E-state index < -0.39 is 21.8 Å². The van der Waals surface area contributed by atoms with Crippen LogP contribution in [0.25, 0.3) is 0 Å². The van der Waals surface area contributed by atoms with Crippen LogP contribution in [-0.2, 0) is 27.5 Å². The summed E-state index contributed by atoms with van der Waals surface area (Å²) in [5.41, 5.74) is 1.11. The van der Waals surface area contributed by atoms with Crippen molar-refractivity contribution in [3.63, 3.8) is 0 Å². The number of sulfonamides is 1. The van der Waals surface area contributed by atoms with E-state index in [4.69, 9.17) is 5.26 Å². The molecule has 1 aromatic carbocycles. The van der Waals surface area contributed by atoms with Crippen molar-refractivity contribution in [1.82, 2.24) is 9.29 Å². The fraction of sp³-hybridized carbons (Fsp3) is 0.476. The zero-order valence-corrected chi connectivity index (χ0v) is 18.2. The highest BCUT2D eigenvalue weighted by molar-refractivity contribution is 7.89. The van der Waals surface area contributed by atoms with Gasteiger partial charge in [0.15, 0.2) is 0 Å². The quantitative estimate of drug-likeness (QED) is 0.531. The number of hydrogen-bond donors (Lipinski definition) is 1. The van der Waals surface area contributed by atoms with Gasteiger partial charge in [-0.2, -0.15) is 17.5 Å². The number of aromatic nitrogens is 1. The van der Waals surface area contributed by atoms with Crippen LogP contribution in [0.3, 0.4) is 0 Å². The summed E-state index contributed by atoms with van der Waals surface area (Å²) in [6, 6.07) is 7.10. The second kappa shape index (κ2) is 8.62. The predicted molar refractivity (Wildman–Crippen MR) is 111 cm³/mol. The van der Waals surface area contributed by atoms with Gasteiger partial charge in [-0.15, -0.1) is 0 Å². The Labute approximate surface area is 184 Å². The number of pyridine rings is 1. The fourth-order valence-electron chi connectivity index (χ4n) is 4.45. The maximum absolute atomic E-state index is 13.3. The minimum absolute atomic E-state index is 0.0494. The lowest BCUT2D eigenvalue weighted by molar-refractivity contribution is -0.245. The molecule has 2 heterocycles. The third-order valence-corrected chi connectivity index (χ3v) is 8.05. The maximum atomic E-state index is 13.3. The Bertz CT molecular complexity index is 1070. The first-order chi connectivity index (χ1) is 15.1. The molecule has 1 aromatic heterocycles. The van der Waals surface area contributed by atoms with Crippen LogP contribution < -0.4 is 4.90 Å². The van der Waals surface area contributed by atoms with Crippen LogP contribution in [0, 0.1) is 0 Å². The molecule has 2 aliphatic rings. The van der Waals surface area contributed by atoms with Gasteiger partial charge in [0, 0.05) is 37.8 Å². The molecule has 0 bridgehead atoms. The van der Waals surface area contributed by atoms with Gasteiger partial charge in [-0.3, -0.25) is 5.26 Å². The van der Waals surface area contributed by atoms with E-state index in [1.807, 2.05) is 17.9 Å². The largest absolute Gasteiger partial charge is 0.417 e. The number of benzene rings is 1. The lowest BCUT2D eigenvalue weighted by atomic mass is 10.0. The minimum atomic E-state index is -4.46. The molecule has 2 aromatic rings. The number of fused-ring (bicyclic) bond motifs is 1. The highest BCUT2D eigenvalue weighted by Gasteiger charge is 2.35. The summed E-state index contributed by atoms with van der Waals surface area (Å²) < 4.78 is 66.3. The summed E-state index contributed by atoms with van der Waals surface area (Å²) in [5, 5.41) is 8.80. The summed E-state index contributed by atoms with van der Waals surface area (Å²) in [6.45, 7) is 2.62. The first-order valence-corrected chi connectivity index (χ1v) is 11.7. The van der Waals surface area contributed by atoms with Gasteiger partial charge in [-0.1, -0.05) is 6.07 Å². The van der Waals surface area contributed by atoms with Crippen LogP contribution in [0.5, 0.6) is 0 Å².